The lowest BCUT2D eigenvalue weighted by molar-refractivity contribution is -0.117. The second-order valence-electron chi connectivity index (χ2n) is 6.71. The third-order valence-electron chi connectivity index (χ3n) is 4.72. The number of hydrogen-bond donors (Lipinski definition) is 2. The molecule has 0 spiro atoms. The summed E-state index contributed by atoms with van der Waals surface area (Å²) in [5.41, 5.74) is 3.31. The number of benzene rings is 2. The van der Waals surface area contributed by atoms with Gasteiger partial charge in [-0.05, 0) is 50.1 Å². The molecule has 2 N–H and O–H groups in total. The summed E-state index contributed by atoms with van der Waals surface area (Å²) in [5.74, 6) is 0.613. The molecule has 2 aromatic carbocycles. The lowest BCUT2D eigenvalue weighted by Crippen LogP contribution is -2.32. The van der Waals surface area contributed by atoms with Gasteiger partial charge in [-0.15, -0.1) is 0 Å². The van der Waals surface area contributed by atoms with Gasteiger partial charge in [0.25, 0.3) is 0 Å². The van der Waals surface area contributed by atoms with Crippen molar-refractivity contribution in [1.82, 2.24) is 0 Å². The number of carbonyl (C=O) groups excluding carboxylic acids is 2. The lowest BCUT2D eigenvalue weighted by atomic mass is 10.2. The number of methoxy groups -OCH3 is 1. The number of rotatable bonds is 6. The van der Waals surface area contributed by atoms with E-state index in [4.69, 9.17) is 4.74 Å². The maximum atomic E-state index is 12.5. The van der Waals surface area contributed by atoms with Crippen molar-refractivity contribution >= 4 is 28.9 Å². The molecule has 1 fully saturated rings. The highest BCUT2D eigenvalue weighted by Gasteiger charge is 2.25. The summed E-state index contributed by atoms with van der Waals surface area (Å²) in [7, 11) is 1.59. The van der Waals surface area contributed by atoms with Crippen molar-refractivity contribution < 1.29 is 14.3 Å². The van der Waals surface area contributed by atoms with Crippen LogP contribution in [0, 0.1) is 6.92 Å². The standard InChI is InChI=1S/C21H25N3O3/c1-14-7-4-5-8-17(14)23-21(26)15(2)22-16-10-11-19(27-3)18(13-16)24-12-6-9-20(24)25/h4-5,7-8,10-11,13,15,22H,6,9,12H2,1-3H3,(H,23,26). The number of amides is 2. The summed E-state index contributed by atoms with van der Waals surface area (Å²) in [5, 5.41) is 6.14. The summed E-state index contributed by atoms with van der Waals surface area (Å²) in [6.45, 7) is 4.44. The van der Waals surface area contributed by atoms with Gasteiger partial charge in [0.05, 0.1) is 12.8 Å². The minimum absolute atomic E-state index is 0.0933. The van der Waals surface area contributed by atoms with Crippen molar-refractivity contribution in [1.29, 1.82) is 0 Å². The maximum absolute atomic E-state index is 12.5. The van der Waals surface area contributed by atoms with Crippen LogP contribution in [0.15, 0.2) is 42.5 Å². The van der Waals surface area contributed by atoms with Gasteiger partial charge in [-0.25, -0.2) is 0 Å². The molecule has 1 unspecified atom stereocenters. The molecule has 3 rings (SSSR count). The Balaban J connectivity index is 1.74. The Bertz CT molecular complexity index is 850. The summed E-state index contributed by atoms with van der Waals surface area (Å²) in [6.07, 6.45) is 1.39. The van der Waals surface area contributed by atoms with Crippen LogP contribution in [-0.2, 0) is 9.59 Å². The van der Waals surface area contributed by atoms with Crippen LogP contribution in [0.3, 0.4) is 0 Å². The van der Waals surface area contributed by atoms with Crippen LogP contribution in [0.2, 0.25) is 0 Å². The van der Waals surface area contributed by atoms with Crippen molar-refractivity contribution in [3.05, 3.63) is 48.0 Å². The first-order chi connectivity index (χ1) is 13.0. The van der Waals surface area contributed by atoms with Gasteiger partial charge in [0.2, 0.25) is 11.8 Å². The number of aryl methyl sites for hydroxylation is 1. The van der Waals surface area contributed by atoms with Gasteiger partial charge in [0, 0.05) is 24.3 Å². The fourth-order valence-corrected chi connectivity index (χ4v) is 3.16. The van der Waals surface area contributed by atoms with Crippen molar-refractivity contribution in [3.63, 3.8) is 0 Å². The van der Waals surface area contributed by atoms with E-state index in [9.17, 15) is 9.59 Å². The number of ether oxygens (including phenoxy) is 1. The predicted molar refractivity (Wildman–Crippen MR) is 107 cm³/mol. The Kier molecular flexibility index (Phi) is 5.64. The van der Waals surface area contributed by atoms with Crippen LogP contribution in [0.5, 0.6) is 5.75 Å². The molecule has 0 radical (unpaired) electrons. The van der Waals surface area contributed by atoms with Crippen LogP contribution in [0.4, 0.5) is 17.1 Å². The molecule has 1 aliphatic rings. The molecular weight excluding hydrogens is 342 g/mol. The molecule has 0 aromatic heterocycles. The zero-order valence-corrected chi connectivity index (χ0v) is 15.9. The molecule has 27 heavy (non-hydrogen) atoms. The third-order valence-corrected chi connectivity index (χ3v) is 4.72. The number of hydrogen-bond acceptors (Lipinski definition) is 4. The Morgan fingerprint density at radius 2 is 2.00 bits per heavy atom. The number of carbonyl (C=O) groups is 2. The molecule has 1 atom stereocenters. The first kappa shape index (κ1) is 18.8. The van der Waals surface area contributed by atoms with Crippen molar-refractivity contribution in [2.24, 2.45) is 0 Å². The van der Waals surface area contributed by atoms with Gasteiger partial charge in [-0.3, -0.25) is 9.59 Å². The average molecular weight is 367 g/mol. The van der Waals surface area contributed by atoms with Crippen LogP contribution in [-0.4, -0.2) is 31.5 Å². The predicted octanol–water partition coefficient (Wildman–Crippen LogP) is 3.57. The van der Waals surface area contributed by atoms with E-state index in [1.807, 2.05) is 49.4 Å². The highest BCUT2D eigenvalue weighted by molar-refractivity contribution is 5.98. The van der Waals surface area contributed by atoms with E-state index in [2.05, 4.69) is 10.6 Å². The Morgan fingerprint density at radius 1 is 1.22 bits per heavy atom. The van der Waals surface area contributed by atoms with E-state index >= 15 is 0 Å². The summed E-state index contributed by atoms with van der Waals surface area (Å²) in [4.78, 5) is 26.4. The molecule has 1 aliphatic heterocycles. The van der Waals surface area contributed by atoms with Crippen molar-refractivity contribution in [2.45, 2.75) is 32.7 Å². The quantitative estimate of drug-likeness (QED) is 0.819. The first-order valence-corrected chi connectivity index (χ1v) is 9.11. The summed E-state index contributed by atoms with van der Waals surface area (Å²) < 4.78 is 5.40. The van der Waals surface area contributed by atoms with Gasteiger partial charge in [-0.2, -0.15) is 0 Å². The van der Waals surface area contributed by atoms with Gasteiger partial charge < -0.3 is 20.3 Å². The zero-order chi connectivity index (χ0) is 19.4. The minimum Gasteiger partial charge on any atom is -0.495 e. The molecule has 6 nitrogen and oxygen atoms in total. The molecule has 2 amide bonds. The smallest absolute Gasteiger partial charge is 0.246 e. The molecule has 0 saturated carbocycles. The topological polar surface area (TPSA) is 70.7 Å². The van der Waals surface area contributed by atoms with E-state index in [0.29, 0.717) is 18.7 Å². The van der Waals surface area contributed by atoms with E-state index in [-0.39, 0.29) is 11.8 Å². The third kappa shape index (κ3) is 4.22. The number of para-hydroxylation sites is 1. The molecule has 142 valence electrons. The highest BCUT2D eigenvalue weighted by atomic mass is 16.5. The second kappa shape index (κ2) is 8.12. The SMILES string of the molecule is COc1ccc(NC(C)C(=O)Nc2ccccc2C)cc1N1CCCC1=O. The van der Waals surface area contributed by atoms with Crippen LogP contribution in [0.1, 0.15) is 25.3 Å². The number of nitrogens with one attached hydrogen (secondary N) is 2. The molecule has 0 aliphatic carbocycles. The second-order valence-corrected chi connectivity index (χ2v) is 6.71. The zero-order valence-electron chi connectivity index (χ0n) is 15.9. The largest absolute Gasteiger partial charge is 0.495 e. The number of anilines is 3. The molecule has 1 saturated heterocycles. The molecule has 6 heteroatoms. The Morgan fingerprint density at radius 3 is 2.67 bits per heavy atom. The normalized spacial score (nSPS) is 14.8. The minimum atomic E-state index is -0.444. The van der Waals surface area contributed by atoms with Gasteiger partial charge in [0.1, 0.15) is 11.8 Å². The summed E-state index contributed by atoms with van der Waals surface area (Å²) in [6, 6.07) is 12.7. The van der Waals surface area contributed by atoms with E-state index in [0.717, 1.165) is 29.0 Å². The Hall–Kier alpha value is -3.02. The van der Waals surface area contributed by atoms with Crippen LogP contribution in [0.25, 0.3) is 0 Å². The molecule has 0 bridgehead atoms. The Labute approximate surface area is 159 Å². The molecule has 1 heterocycles. The average Bonchev–Trinajstić information content (AvgIpc) is 3.09. The van der Waals surface area contributed by atoms with Gasteiger partial charge in [0.15, 0.2) is 0 Å². The van der Waals surface area contributed by atoms with E-state index in [1.54, 1.807) is 18.9 Å². The highest BCUT2D eigenvalue weighted by Crippen LogP contribution is 2.34. The van der Waals surface area contributed by atoms with Gasteiger partial charge in [-0.1, -0.05) is 18.2 Å². The monoisotopic (exact) mass is 367 g/mol. The van der Waals surface area contributed by atoms with E-state index < -0.39 is 6.04 Å². The molecular formula is C21H25N3O3. The van der Waals surface area contributed by atoms with Crippen molar-refractivity contribution in [2.75, 3.05) is 29.2 Å². The summed E-state index contributed by atoms with van der Waals surface area (Å²) >= 11 is 0. The first-order valence-electron chi connectivity index (χ1n) is 9.11. The van der Waals surface area contributed by atoms with E-state index in [1.165, 1.54) is 0 Å². The fourth-order valence-electron chi connectivity index (χ4n) is 3.16. The maximum Gasteiger partial charge on any atom is 0.246 e. The van der Waals surface area contributed by atoms with Crippen LogP contribution >= 0.6 is 0 Å². The van der Waals surface area contributed by atoms with Crippen molar-refractivity contribution in [3.8, 4) is 5.75 Å². The lowest BCUT2D eigenvalue weighted by Gasteiger charge is -2.21. The van der Waals surface area contributed by atoms with Gasteiger partial charge >= 0.3 is 0 Å². The van der Waals surface area contributed by atoms with Crippen LogP contribution < -0.4 is 20.3 Å². The number of nitrogens with zero attached hydrogens (tertiary/aromatic N) is 1. The molecule has 2 aromatic rings. The fraction of sp³-hybridized carbons (Fsp3) is 0.333.